The van der Waals surface area contributed by atoms with Crippen LogP contribution in [-0.2, 0) is 9.47 Å². The Hall–Kier alpha value is -1.21. The van der Waals surface area contributed by atoms with Gasteiger partial charge >= 0.3 is 6.09 Å². The number of nitrogens with zero attached hydrogens (tertiary/aromatic N) is 1. The van der Waals surface area contributed by atoms with Crippen LogP contribution in [0.15, 0.2) is 0 Å². The third-order valence-corrected chi connectivity index (χ3v) is 1.90. The van der Waals surface area contributed by atoms with Crippen molar-refractivity contribution in [3.05, 3.63) is 0 Å². The second-order valence-corrected chi connectivity index (χ2v) is 4.45. The lowest BCUT2D eigenvalue weighted by Crippen LogP contribution is -2.47. The molecule has 15 heavy (non-hydrogen) atoms. The Labute approximate surface area is 90.5 Å². The van der Waals surface area contributed by atoms with E-state index in [0.717, 1.165) is 0 Å². The maximum absolute atomic E-state index is 11.7. The van der Waals surface area contributed by atoms with Gasteiger partial charge in [0.25, 0.3) is 0 Å². The van der Waals surface area contributed by atoms with Crippen molar-refractivity contribution in [1.82, 2.24) is 4.90 Å². The van der Waals surface area contributed by atoms with E-state index in [9.17, 15) is 4.79 Å². The Bertz CT molecular complexity index is 275. The number of morpholine rings is 1. The van der Waals surface area contributed by atoms with E-state index in [1.54, 1.807) is 4.90 Å². The molecule has 0 aromatic heterocycles. The number of carbonyl (C=O) groups excluding carboxylic acids is 1. The highest BCUT2D eigenvalue weighted by Gasteiger charge is 2.26. The number of rotatable bonds is 0. The quantitative estimate of drug-likeness (QED) is 0.566. The summed E-state index contributed by atoms with van der Waals surface area (Å²) < 4.78 is 10.5. The summed E-state index contributed by atoms with van der Waals surface area (Å²) in [6.45, 7) is 6.92. The number of hydrogen-bond donors (Lipinski definition) is 0. The van der Waals surface area contributed by atoms with Gasteiger partial charge in [-0.1, -0.05) is 5.92 Å². The molecule has 0 spiro atoms. The largest absolute Gasteiger partial charge is 0.444 e. The minimum Gasteiger partial charge on any atom is -0.444 e. The summed E-state index contributed by atoms with van der Waals surface area (Å²) in [5.74, 6) is 2.48. The molecule has 0 saturated carbocycles. The van der Waals surface area contributed by atoms with Crippen LogP contribution in [-0.4, -0.2) is 42.4 Å². The normalized spacial score (nSPS) is 22.0. The molecule has 1 amide bonds. The average Bonchev–Trinajstić information content (AvgIpc) is 2.15. The maximum Gasteiger partial charge on any atom is 0.410 e. The van der Waals surface area contributed by atoms with E-state index in [1.165, 1.54) is 0 Å². The number of terminal acetylenes is 1. The Morgan fingerprint density at radius 3 is 2.80 bits per heavy atom. The minimum atomic E-state index is -0.471. The van der Waals surface area contributed by atoms with Gasteiger partial charge in [-0.25, -0.2) is 4.79 Å². The van der Waals surface area contributed by atoms with Crippen LogP contribution in [0.1, 0.15) is 20.8 Å². The van der Waals surface area contributed by atoms with Gasteiger partial charge in [-0.15, -0.1) is 6.42 Å². The van der Waals surface area contributed by atoms with Gasteiger partial charge in [-0.2, -0.15) is 0 Å². The van der Waals surface area contributed by atoms with Gasteiger partial charge in [0.15, 0.2) is 0 Å². The first kappa shape index (κ1) is 11.9. The number of ether oxygens (including phenoxy) is 2. The van der Waals surface area contributed by atoms with Crippen molar-refractivity contribution in [3.63, 3.8) is 0 Å². The molecule has 4 nitrogen and oxygen atoms in total. The first-order valence-corrected chi connectivity index (χ1v) is 4.98. The highest BCUT2D eigenvalue weighted by molar-refractivity contribution is 5.68. The smallest absolute Gasteiger partial charge is 0.410 e. The van der Waals surface area contributed by atoms with E-state index in [1.807, 2.05) is 20.8 Å². The molecule has 0 radical (unpaired) electrons. The zero-order chi connectivity index (χ0) is 11.5. The Balaban J connectivity index is 2.50. The van der Waals surface area contributed by atoms with Crippen molar-refractivity contribution >= 4 is 6.09 Å². The van der Waals surface area contributed by atoms with Crippen LogP contribution < -0.4 is 0 Å². The third-order valence-electron chi connectivity index (χ3n) is 1.90. The van der Waals surface area contributed by atoms with E-state index in [-0.39, 0.29) is 12.2 Å². The summed E-state index contributed by atoms with van der Waals surface area (Å²) in [7, 11) is 0. The van der Waals surface area contributed by atoms with Gasteiger partial charge in [0.05, 0.1) is 13.2 Å². The van der Waals surface area contributed by atoms with Crippen molar-refractivity contribution in [2.45, 2.75) is 32.5 Å². The molecular weight excluding hydrogens is 194 g/mol. The van der Waals surface area contributed by atoms with Crippen molar-refractivity contribution < 1.29 is 14.3 Å². The zero-order valence-corrected chi connectivity index (χ0v) is 9.45. The number of carbonyl (C=O) groups is 1. The van der Waals surface area contributed by atoms with Crippen LogP contribution in [0.3, 0.4) is 0 Å². The summed E-state index contributed by atoms with van der Waals surface area (Å²) in [4.78, 5) is 13.2. The molecule has 1 aliphatic rings. The van der Waals surface area contributed by atoms with Gasteiger partial charge in [0.1, 0.15) is 11.7 Å². The van der Waals surface area contributed by atoms with Gasteiger partial charge in [0, 0.05) is 6.54 Å². The fourth-order valence-corrected chi connectivity index (χ4v) is 1.24. The summed E-state index contributed by atoms with van der Waals surface area (Å²) in [5, 5.41) is 0. The van der Waals surface area contributed by atoms with Gasteiger partial charge in [-0.3, -0.25) is 0 Å². The summed E-state index contributed by atoms with van der Waals surface area (Å²) >= 11 is 0. The average molecular weight is 211 g/mol. The van der Waals surface area contributed by atoms with Crippen LogP contribution in [0.2, 0.25) is 0 Å². The van der Waals surface area contributed by atoms with E-state index < -0.39 is 5.60 Å². The molecule has 1 rings (SSSR count). The topological polar surface area (TPSA) is 38.8 Å². The lowest BCUT2D eigenvalue weighted by Gasteiger charge is -2.32. The second-order valence-electron chi connectivity index (χ2n) is 4.45. The molecule has 0 N–H and O–H groups in total. The van der Waals surface area contributed by atoms with Gasteiger partial charge in [-0.05, 0) is 20.8 Å². The van der Waals surface area contributed by atoms with Crippen molar-refractivity contribution in [3.8, 4) is 12.3 Å². The van der Waals surface area contributed by atoms with Crippen molar-refractivity contribution in [2.24, 2.45) is 0 Å². The molecule has 1 aliphatic heterocycles. The molecule has 4 heteroatoms. The van der Waals surface area contributed by atoms with Gasteiger partial charge in [0.2, 0.25) is 0 Å². The summed E-state index contributed by atoms with van der Waals surface area (Å²) in [6.07, 6.45) is 4.60. The lowest BCUT2D eigenvalue weighted by atomic mass is 10.2. The highest BCUT2D eigenvalue weighted by Crippen LogP contribution is 2.12. The Morgan fingerprint density at radius 2 is 2.27 bits per heavy atom. The molecule has 0 unspecified atom stereocenters. The fourth-order valence-electron chi connectivity index (χ4n) is 1.24. The second kappa shape index (κ2) is 4.54. The predicted octanol–water partition coefficient (Wildman–Crippen LogP) is 1.26. The monoisotopic (exact) mass is 211 g/mol. The van der Waals surface area contributed by atoms with E-state index >= 15 is 0 Å². The standard InChI is InChI=1S/C11H17NO3/c1-5-9-8-12(6-7-14-9)10(13)15-11(2,3)4/h1,9H,6-8H2,2-4H3/t9-/m1/s1. The number of hydrogen-bond acceptors (Lipinski definition) is 3. The first-order chi connectivity index (χ1) is 6.92. The molecule has 0 aromatic rings. The Morgan fingerprint density at radius 1 is 1.60 bits per heavy atom. The SMILES string of the molecule is C#C[C@@H]1CN(C(=O)OC(C)(C)C)CCO1. The molecule has 0 bridgehead atoms. The van der Waals surface area contributed by atoms with E-state index in [0.29, 0.717) is 19.7 Å². The van der Waals surface area contributed by atoms with Crippen molar-refractivity contribution in [1.29, 1.82) is 0 Å². The summed E-state index contributed by atoms with van der Waals surface area (Å²) in [6, 6.07) is 0. The van der Waals surface area contributed by atoms with E-state index in [4.69, 9.17) is 15.9 Å². The van der Waals surface area contributed by atoms with E-state index in [2.05, 4.69) is 5.92 Å². The van der Waals surface area contributed by atoms with Crippen LogP contribution in [0.4, 0.5) is 4.79 Å². The zero-order valence-electron chi connectivity index (χ0n) is 9.45. The maximum atomic E-state index is 11.7. The molecule has 84 valence electrons. The molecule has 1 saturated heterocycles. The molecule has 1 fully saturated rings. The Kier molecular flexibility index (Phi) is 3.59. The molecule has 1 atom stereocenters. The minimum absolute atomic E-state index is 0.314. The fraction of sp³-hybridized carbons (Fsp3) is 0.727. The highest BCUT2D eigenvalue weighted by atomic mass is 16.6. The van der Waals surface area contributed by atoms with Crippen LogP contribution in [0.25, 0.3) is 0 Å². The first-order valence-electron chi connectivity index (χ1n) is 4.98. The summed E-state index contributed by atoms with van der Waals surface area (Å²) in [5.41, 5.74) is -0.471. The lowest BCUT2D eigenvalue weighted by molar-refractivity contribution is -0.0236. The number of amides is 1. The van der Waals surface area contributed by atoms with Crippen LogP contribution in [0.5, 0.6) is 0 Å². The van der Waals surface area contributed by atoms with Gasteiger partial charge < -0.3 is 14.4 Å². The predicted molar refractivity (Wildman–Crippen MR) is 56.4 cm³/mol. The van der Waals surface area contributed by atoms with Crippen molar-refractivity contribution in [2.75, 3.05) is 19.7 Å². The third kappa shape index (κ3) is 3.80. The van der Waals surface area contributed by atoms with Crippen LogP contribution in [0, 0.1) is 12.3 Å². The molecule has 1 heterocycles. The molecular formula is C11H17NO3. The van der Waals surface area contributed by atoms with Crippen LogP contribution >= 0.6 is 0 Å². The molecule has 0 aromatic carbocycles. The molecule has 0 aliphatic carbocycles.